The van der Waals surface area contributed by atoms with Crippen LogP contribution in [0, 0.1) is 17.0 Å². The maximum Gasteiger partial charge on any atom is 0.290 e. The number of piperidine rings is 1. The first kappa shape index (κ1) is 13.7. The zero-order valence-electron chi connectivity index (χ0n) is 11.4. The zero-order valence-corrected chi connectivity index (χ0v) is 11.4. The molecule has 0 aliphatic carbocycles. The van der Waals surface area contributed by atoms with Gasteiger partial charge in [-0.25, -0.2) is 4.98 Å². The summed E-state index contributed by atoms with van der Waals surface area (Å²) in [5.74, 6) is 0.796. The molecule has 1 aromatic rings. The SMILES string of the molecule is Cc1cc(N2CCCCC2C(C)N)ncc1[N+](=O)[O-]. The Kier molecular flexibility index (Phi) is 3.99. The molecule has 19 heavy (non-hydrogen) atoms. The monoisotopic (exact) mass is 264 g/mol. The summed E-state index contributed by atoms with van der Waals surface area (Å²) in [5, 5.41) is 10.8. The highest BCUT2D eigenvalue weighted by Gasteiger charge is 2.27. The summed E-state index contributed by atoms with van der Waals surface area (Å²) < 4.78 is 0. The van der Waals surface area contributed by atoms with Gasteiger partial charge in [-0.1, -0.05) is 0 Å². The van der Waals surface area contributed by atoms with E-state index in [0.717, 1.165) is 25.2 Å². The number of pyridine rings is 1. The van der Waals surface area contributed by atoms with Crippen molar-refractivity contribution in [2.45, 2.75) is 45.2 Å². The Morgan fingerprint density at radius 2 is 2.32 bits per heavy atom. The van der Waals surface area contributed by atoms with Gasteiger partial charge in [0.1, 0.15) is 12.0 Å². The molecule has 6 heteroatoms. The number of nitrogens with zero attached hydrogens (tertiary/aromatic N) is 3. The van der Waals surface area contributed by atoms with Gasteiger partial charge < -0.3 is 10.6 Å². The summed E-state index contributed by atoms with van der Waals surface area (Å²) in [4.78, 5) is 16.8. The van der Waals surface area contributed by atoms with Crippen molar-refractivity contribution in [1.82, 2.24) is 4.98 Å². The Labute approximate surface area is 112 Å². The number of aryl methyl sites for hydroxylation is 1. The van der Waals surface area contributed by atoms with Crippen LogP contribution in [-0.2, 0) is 0 Å². The van der Waals surface area contributed by atoms with Gasteiger partial charge in [-0.15, -0.1) is 0 Å². The average Bonchev–Trinajstić information content (AvgIpc) is 2.38. The predicted octanol–water partition coefficient (Wildman–Crippen LogP) is 2.00. The van der Waals surface area contributed by atoms with Crippen molar-refractivity contribution in [2.75, 3.05) is 11.4 Å². The van der Waals surface area contributed by atoms with E-state index in [1.165, 1.54) is 12.6 Å². The van der Waals surface area contributed by atoms with Gasteiger partial charge in [0, 0.05) is 24.2 Å². The molecule has 0 radical (unpaired) electrons. The van der Waals surface area contributed by atoms with Crippen molar-refractivity contribution in [3.05, 3.63) is 27.9 Å². The fourth-order valence-electron chi connectivity index (χ4n) is 2.67. The molecule has 0 amide bonds. The highest BCUT2D eigenvalue weighted by Crippen LogP contribution is 2.27. The molecule has 6 nitrogen and oxygen atoms in total. The second-order valence-electron chi connectivity index (χ2n) is 5.20. The Morgan fingerprint density at radius 1 is 1.58 bits per heavy atom. The van der Waals surface area contributed by atoms with Crippen LogP contribution in [0.4, 0.5) is 11.5 Å². The van der Waals surface area contributed by atoms with Crippen LogP contribution < -0.4 is 10.6 Å². The largest absolute Gasteiger partial charge is 0.352 e. The number of rotatable bonds is 3. The molecule has 1 aliphatic heterocycles. The lowest BCUT2D eigenvalue weighted by Crippen LogP contribution is -2.49. The van der Waals surface area contributed by atoms with E-state index in [9.17, 15) is 10.1 Å². The van der Waals surface area contributed by atoms with Crippen LogP contribution in [0.2, 0.25) is 0 Å². The van der Waals surface area contributed by atoms with Crippen LogP contribution in [0.15, 0.2) is 12.3 Å². The Morgan fingerprint density at radius 3 is 2.89 bits per heavy atom. The third-order valence-electron chi connectivity index (χ3n) is 3.72. The minimum absolute atomic E-state index is 0.0672. The first-order valence-electron chi connectivity index (χ1n) is 6.64. The van der Waals surface area contributed by atoms with Crippen LogP contribution in [0.5, 0.6) is 0 Å². The van der Waals surface area contributed by atoms with Gasteiger partial charge in [-0.3, -0.25) is 10.1 Å². The van der Waals surface area contributed by atoms with Crippen molar-refractivity contribution in [3.63, 3.8) is 0 Å². The van der Waals surface area contributed by atoms with Gasteiger partial charge in [-0.05, 0) is 39.2 Å². The quantitative estimate of drug-likeness (QED) is 0.666. The summed E-state index contributed by atoms with van der Waals surface area (Å²) in [6.07, 6.45) is 4.68. The third kappa shape index (κ3) is 2.84. The minimum Gasteiger partial charge on any atom is -0.352 e. The molecule has 0 bridgehead atoms. The summed E-state index contributed by atoms with van der Waals surface area (Å²) in [6, 6.07) is 2.12. The zero-order chi connectivity index (χ0) is 14.0. The van der Waals surface area contributed by atoms with Gasteiger partial charge >= 0.3 is 0 Å². The number of anilines is 1. The first-order valence-corrected chi connectivity index (χ1v) is 6.64. The van der Waals surface area contributed by atoms with E-state index in [0.29, 0.717) is 5.56 Å². The lowest BCUT2D eigenvalue weighted by molar-refractivity contribution is -0.385. The molecule has 2 atom stereocenters. The molecule has 1 fully saturated rings. The van der Waals surface area contributed by atoms with E-state index in [1.807, 2.05) is 6.92 Å². The lowest BCUT2D eigenvalue weighted by Gasteiger charge is -2.39. The number of nitrogens with two attached hydrogens (primary N) is 1. The molecule has 0 spiro atoms. The maximum atomic E-state index is 10.8. The van der Waals surface area contributed by atoms with Crippen LogP contribution in [0.3, 0.4) is 0 Å². The molecule has 0 saturated carbocycles. The molecular formula is C13H20N4O2. The molecule has 0 aromatic carbocycles. The molecule has 2 unspecified atom stereocenters. The van der Waals surface area contributed by atoms with Crippen LogP contribution in [0.1, 0.15) is 31.7 Å². The van der Waals surface area contributed by atoms with E-state index in [2.05, 4.69) is 9.88 Å². The van der Waals surface area contributed by atoms with Gasteiger partial charge in [0.15, 0.2) is 0 Å². The van der Waals surface area contributed by atoms with Gasteiger partial charge in [0.2, 0.25) is 0 Å². The van der Waals surface area contributed by atoms with E-state index in [4.69, 9.17) is 5.73 Å². The van der Waals surface area contributed by atoms with Crippen molar-refractivity contribution < 1.29 is 4.92 Å². The van der Waals surface area contributed by atoms with Crippen molar-refractivity contribution >= 4 is 11.5 Å². The van der Waals surface area contributed by atoms with E-state index in [1.54, 1.807) is 13.0 Å². The molecule has 2 heterocycles. The van der Waals surface area contributed by atoms with E-state index < -0.39 is 4.92 Å². The second kappa shape index (κ2) is 5.52. The van der Waals surface area contributed by atoms with Gasteiger partial charge in [0.05, 0.1) is 4.92 Å². The lowest BCUT2D eigenvalue weighted by atomic mass is 9.97. The Bertz CT molecular complexity index is 476. The molecule has 2 N–H and O–H groups in total. The molecule has 1 aromatic heterocycles. The predicted molar refractivity (Wildman–Crippen MR) is 74.3 cm³/mol. The summed E-state index contributed by atoms with van der Waals surface area (Å²) >= 11 is 0. The fraction of sp³-hybridized carbons (Fsp3) is 0.615. The number of nitro groups is 1. The van der Waals surface area contributed by atoms with Crippen molar-refractivity contribution in [3.8, 4) is 0 Å². The Hall–Kier alpha value is -1.69. The highest BCUT2D eigenvalue weighted by molar-refractivity contribution is 5.49. The van der Waals surface area contributed by atoms with Gasteiger partial charge in [-0.2, -0.15) is 0 Å². The Balaban J connectivity index is 2.29. The average molecular weight is 264 g/mol. The van der Waals surface area contributed by atoms with E-state index in [-0.39, 0.29) is 17.8 Å². The summed E-state index contributed by atoms with van der Waals surface area (Å²) in [5.41, 5.74) is 6.74. The smallest absolute Gasteiger partial charge is 0.290 e. The first-order chi connectivity index (χ1) is 9.00. The topological polar surface area (TPSA) is 85.3 Å². The number of hydrogen-bond donors (Lipinski definition) is 1. The third-order valence-corrected chi connectivity index (χ3v) is 3.72. The minimum atomic E-state index is -0.397. The molecule has 104 valence electrons. The normalized spacial score (nSPS) is 21.2. The summed E-state index contributed by atoms with van der Waals surface area (Å²) in [6.45, 7) is 4.66. The molecule has 1 saturated heterocycles. The van der Waals surface area contributed by atoms with Gasteiger partial charge in [0.25, 0.3) is 5.69 Å². The fourth-order valence-corrected chi connectivity index (χ4v) is 2.67. The van der Waals surface area contributed by atoms with Crippen LogP contribution in [-0.4, -0.2) is 28.5 Å². The molecular weight excluding hydrogens is 244 g/mol. The van der Waals surface area contributed by atoms with Crippen LogP contribution in [0.25, 0.3) is 0 Å². The van der Waals surface area contributed by atoms with Crippen molar-refractivity contribution in [1.29, 1.82) is 0 Å². The highest BCUT2D eigenvalue weighted by atomic mass is 16.6. The van der Waals surface area contributed by atoms with Crippen molar-refractivity contribution in [2.24, 2.45) is 5.73 Å². The van der Waals surface area contributed by atoms with E-state index >= 15 is 0 Å². The summed E-state index contributed by atoms with van der Waals surface area (Å²) in [7, 11) is 0. The van der Waals surface area contributed by atoms with Crippen LogP contribution >= 0.6 is 0 Å². The number of hydrogen-bond acceptors (Lipinski definition) is 5. The molecule has 1 aliphatic rings. The maximum absolute atomic E-state index is 10.8. The standard InChI is InChI=1S/C13H20N4O2/c1-9-7-13(15-8-12(9)17(18)19)16-6-4-3-5-11(16)10(2)14/h7-8,10-11H,3-6,14H2,1-2H3. The number of aromatic nitrogens is 1. The molecule has 2 rings (SSSR count). The second-order valence-corrected chi connectivity index (χ2v) is 5.20.